The Morgan fingerprint density at radius 1 is 1.00 bits per heavy atom. The number of carbonyl (C=O) groups is 3. The first kappa shape index (κ1) is 17.5. The van der Waals surface area contributed by atoms with Crippen LogP contribution in [-0.2, 0) is 23.9 Å². The molecule has 1 amide bonds. The molecule has 1 aliphatic carbocycles. The first-order chi connectivity index (χ1) is 9.94. The van der Waals surface area contributed by atoms with Gasteiger partial charge in [-0.3, -0.25) is 4.79 Å². The van der Waals surface area contributed by atoms with Crippen molar-refractivity contribution in [3.05, 3.63) is 0 Å². The second-order valence-electron chi connectivity index (χ2n) is 5.53. The summed E-state index contributed by atoms with van der Waals surface area (Å²) in [6.45, 7) is 5.44. The predicted octanol–water partition coefficient (Wildman–Crippen LogP) is 1.57. The van der Waals surface area contributed by atoms with E-state index in [0.29, 0.717) is 0 Å². The van der Waals surface area contributed by atoms with Gasteiger partial charge in [0, 0.05) is 5.41 Å². The fraction of sp³-hybridized carbons (Fsp3) is 0.800. The van der Waals surface area contributed by atoms with E-state index in [0.717, 1.165) is 32.1 Å². The van der Waals surface area contributed by atoms with E-state index >= 15 is 0 Å². The Bertz CT molecular complexity index is 370. The molecule has 0 aromatic rings. The Morgan fingerprint density at radius 2 is 1.48 bits per heavy atom. The zero-order valence-electron chi connectivity index (χ0n) is 13.1. The molecule has 120 valence electrons. The van der Waals surface area contributed by atoms with Gasteiger partial charge < -0.3 is 14.8 Å². The highest BCUT2D eigenvalue weighted by Crippen LogP contribution is 2.35. The van der Waals surface area contributed by atoms with Crippen LogP contribution in [0.15, 0.2) is 0 Å². The van der Waals surface area contributed by atoms with Crippen molar-refractivity contribution in [2.45, 2.75) is 58.9 Å². The lowest BCUT2D eigenvalue weighted by molar-refractivity contribution is -0.160. The average molecular weight is 299 g/mol. The second-order valence-corrected chi connectivity index (χ2v) is 5.53. The molecule has 1 rings (SSSR count). The van der Waals surface area contributed by atoms with Gasteiger partial charge in [0.1, 0.15) is 0 Å². The third kappa shape index (κ3) is 4.72. The molecule has 0 bridgehead atoms. The Balaban J connectivity index is 2.77. The molecule has 1 aliphatic rings. The molecule has 0 saturated heterocycles. The minimum atomic E-state index is -1.38. The lowest BCUT2D eigenvalue weighted by Gasteiger charge is -2.32. The molecule has 0 aromatic heterocycles. The summed E-state index contributed by atoms with van der Waals surface area (Å²) in [5.41, 5.74) is -0.532. The molecule has 21 heavy (non-hydrogen) atoms. The van der Waals surface area contributed by atoms with Gasteiger partial charge in [-0.25, -0.2) is 9.59 Å². The summed E-state index contributed by atoms with van der Waals surface area (Å²) in [5.74, 6) is -1.83. The Kier molecular flexibility index (Phi) is 6.65. The van der Waals surface area contributed by atoms with Crippen molar-refractivity contribution in [1.82, 2.24) is 5.32 Å². The fourth-order valence-corrected chi connectivity index (χ4v) is 2.53. The molecule has 0 spiro atoms. The highest BCUT2D eigenvalue weighted by Gasteiger charge is 2.39. The number of hydrogen-bond donors (Lipinski definition) is 1. The van der Waals surface area contributed by atoms with Crippen LogP contribution in [0, 0.1) is 5.41 Å². The van der Waals surface area contributed by atoms with Gasteiger partial charge in [-0.05, 0) is 26.7 Å². The van der Waals surface area contributed by atoms with Crippen LogP contribution in [-0.4, -0.2) is 37.1 Å². The molecule has 1 saturated carbocycles. The molecule has 1 N–H and O–H groups in total. The van der Waals surface area contributed by atoms with Gasteiger partial charge in [0.05, 0.1) is 13.2 Å². The number of ether oxygens (including phenoxy) is 2. The highest BCUT2D eigenvalue weighted by molar-refractivity contribution is 6.03. The molecule has 6 heteroatoms. The standard InChI is InChI=1S/C15H25NO5/c1-4-20-12(17)11(13(18)21-5-2)16-14(19)15(3)9-7-6-8-10-15/h11H,4-10H2,1-3H3,(H,16,19). The zero-order valence-corrected chi connectivity index (χ0v) is 13.1. The van der Waals surface area contributed by atoms with Crippen molar-refractivity contribution in [2.75, 3.05) is 13.2 Å². The van der Waals surface area contributed by atoms with Crippen molar-refractivity contribution in [2.24, 2.45) is 5.41 Å². The van der Waals surface area contributed by atoms with Crippen molar-refractivity contribution < 1.29 is 23.9 Å². The summed E-state index contributed by atoms with van der Waals surface area (Å²) in [4.78, 5) is 36.1. The Morgan fingerprint density at radius 3 is 1.90 bits per heavy atom. The molecule has 6 nitrogen and oxygen atoms in total. The van der Waals surface area contributed by atoms with E-state index in [1.165, 1.54) is 0 Å². The van der Waals surface area contributed by atoms with Gasteiger partial charge in [-0.1, -0.05) is 26.2 Å². The first-order valence-electron chi connectivity index (χ1n) is 7.59. The van der Waals surface area contributed by atoms with Crippen LogP contribution in [0.1, 0.15) is 52.9 Å². The maximum absolute atomic E-state index is 12.4. The number of hydrogen-bond acceptors (Lipinski definition) is 5. The molecular weight excluding hydrogens is 274 g/mol. The molecule has 0 aliphatic heterocycles. The number of esters is 2. The van der Waals surface area contributed by atoms with Crippen LogP contribution < -0.4 is 5.32 Å². The van der Waals surface area contributed by atoms with Crippen LogP contribution in [0.5, 0.6) is 0 Å². The van der Waals surface area contributed by atoms with E-state index < -0.39 is 23.4 Å². The largest absolute Gasteiger partial charge is 0.464 e. The molecular formula is C15H25NO5. The number of carbonyl (C=O) groups excluding carboxylic acids is 3. The number of amides is 1. The predicted molar refractivity (Wildman–Crippen MR) is 76.4 cm³/mol. The van der Waals surface area contributed by atoms with Crippen LogP contribution in [0.3, 0.4) is 0 Å². The van der Waals surface area contributed by atoms with Gasteiger partial charge in [0.2, 0.25) is 11.9 Å². The summed E-state index contributed by atoms with van der Waals surface area (Å²) < 4.78 is 9.68. The first-order valence-corrected chi connectivity index (χ1v) is 7.59. The normalized spacial score (nSPS) is 17.1. The van der Waals surface area contributed by atoms with E-state index in [4.69, 9.17) is 9.47 Å². The Hall–Kier alpha value is -1.59. The SMILES string of the molecule is CCOC(=O)C(NC(=O)C1(C)CCCCC1)C(=O)OCC. The van der Waals surface area contributed by atoms with Crippen LogP contribution in [0.25, 0.3) is 0 Å². The van der Waals surface area contributed by atoms with Gasteiger partial charge in [-0.2, -0.15) is 0 Å². The Labute approximate surface area is 125 Å². The molecule has 1 fully saturated rings. The summed E-state index contributed by atoms with van der Waals surface area (Å²) in [7, 11) is 0. The summed E-state index contributed by atoms with van der Waals surface area (Å²) in [6.07, 6.45) is 4.59. The third-order valence-corrected chi connectivity index (χ3v) is 3.83. The van der Waals surface area contributed by atoms with Crippen molar-refractivity contribution in [1.29, 1.82) is 0 Å². The quantitative estimate of drug-likeness (QED) is 0.594. The smallest absolute Gasteiger partial charge is 0.340 e. The van der Waals surface area contributed by atoms with Crippen molar-refractivity contribution in [3.8, 4) is 0 Å². The maximum atomic E-state index is 12.4. The summed E-state index contributed by atoms with van der Waals surface area (Å²) in [5, 5.41) is 2.51. The molecule has 0 heterocycles. The monoisotopic (exact) mass is 299 g/mol. The number of nitrogens with one attached hydrogen (secondary N) is 1. The summed E-state index contributed by atoms with van der Waals surface area (Å²) in [6, 6.07) is -1.38. The molecule has 0 aromatic carbocycles. The third-order valence-electron chi connectivity index (χ3n) is 3.83. The van der Waals surface area contributed by atoms with E-state index in [2.05, 4.69) is 5.32 Å². The van der Waals surface area contributed by atoms with E-state index in [-0.39, 0.29) is 19.1 Å². The topological polar surface area (TPSA) is 81.7 Å². The lowest BCUT2D eigenvalue weighted by atomic mass is 9.75. The average Bonchev–Trinajstić information content (AvgIpc) is 2.45. The van der Waals surface area contributed by atoms with E-state index in [1.54, 1.807) is 13.8 Å². The minimum absolute atomic E-state index is 0.141. The molecule has 0 radical (unpaired) electrons. The zero-order chi connectivity index (χ0) is 15.9. The lowest BCUT2D eigenvalue weighted by Crippen LogP contribution is -2.52. The van der Waals surface area contributed by atoms with Crippen LogP contribution >= 0.6 is 0 Å². The molecule has 0 unspecified atom stereocenters. The van der Waals surface area contributed by atoms with Gasteiger partial charge >= 0.3 is 11.9 Å². The molecule has 0 atom stereocenters. The van der Waals surface area contributed by atoms with Crippen molar-refractivity contribution in [3.63, 3.8) is 0 Å². The summed E-state index contributed by atoms with van der Waals surface area (Å²) >= 11 is 0. The van der Waals surface area contributed by atoms with Gasteiger partial charge in [-0.15, -0.1) is 0 Å². The van der Waals surface area contributed by atoms with Gasteiger partial charge in [0.15, 0.2) is 0 Å². The van der Waals surface area contributed by atoms with Crippen LogP contribution in [0.2, 0.25) is 0 Å². The minimum Gasteiger partial charge on any atom is -0.464 e. The maximum Gasteiger partial charge on any atom is 0.340 e. The van der Waals surface area contributed by atoms with E-state index in [1.807, 2.05) is 6.92 Å². The van der Waals surface area contributed by atoms with E-state index in [9.17, 15) is 14.4 Å². The second kappa shape index (κ2) is 8.00. The fourth-order valence-electron chi connectivity index (χ4n) is 2.53. The van der Waals surface area contributed by atoms with Crippen LogP contribution in [0.4, 0.5) is 0 Å². The van der Waals surface area contributed by atoms with Crippen molar-refractivity contribution >= 4 is 17.8 Å². The number of rotatable bonds is 6. The van der Waals surface area contributed by atoms with Gasteiger partial charge in [0.25, 0.3) is 0 Å². The highest BCUT2D eigenvalue weighted by atomic mass is 16.6.